The summed E-state index contributed by atoms with van der Waals surface area (Å²) in [4.78, 5) is 23.6. The molecule has 3 aromatic rings. The number of aromatic nitrogens is 2. The van der Waals surface area contributed by atoms with Crippen LogP contribution >= 0.6 is 0 Å². The second-order valence-corrected chi connectivity index (χ2v) is 6.86. The van der Waals surface area contributed by atoms with E-state index < -0.39 is 0 Å². The molecular weight excluding hydrogens is 364 g/mol. The number of ether oxygens (including phenoxy) is 1. The molecule has 0 bridgehead atoms. The summed E-state index contributed by atoms with van der Waals surface area (Å²) in [6.45, 7) is 7.32. The summed E-state index contributed by atoms with van der Waals surface area (Å²) >= 11 is 0. The highest BCUT2D eigenvalue weighted by Crippen LogP contribution is 2.24. The van der Waals surface area contributed by atoms with Crippen molar-refractivity contribution >= 4 is 17.5 Å². The topological polar surface area (TPSA) is 67.3 Å². The third-order valence-electron chi connectivity index (χ3n) is 4.41. The molecule has 6 nitrogen and oxygen atoms in total. The average molecular weight is 390 g/mol. The number of rotatable bonds is 8. The third kappa shape index (κ3) is 5.31. The fraction of sp³-hybridized carbons (Fsp3) is 0.261. The second-order valence-electron chi connectivity index (χ2n) is 6.86. The minimum Gasteiger partial charge on any atom is -0.492 e. The number of benzene rings is 2. The molecule has 1 N–H and O–H groups in total. The molecule has 1 amide bonds. The molecule has 6 heteroatoms. The first-order chi connectivity index (χ1) is 14.1. The third-order valence-corrected chi connectivity index (χ3v) is 4.41. The lowest BCUT2D eigenvalue weighted by Gasteiger charge is -2.26. The zero-order valence-corrected chi connectivity index (χ0v) is 17.0. The molecule has 1 aromatic heterocycles. The maximum absolute atomic E-state index is 12.6. The minimum absolute atomic E-state index is 0.216. The van der Waals surface area contributed by atoms with Crippen molar-refractivity contribution in [1.82, 2.24) is 9.97 Å². The van der Waals surface area contributed by atoms with E-state index in [1.54, 1.807) is 18.5 Å². The number of carbonyl (C=O) groups is 1. The number of para-hydroxylation sites is 2. The van der Waals surface area contributed by atoms with Gasteiger partial charge in [-0.3, -0.25) is 4.79 Å². The van der Waals surface area contributed by atoms with E-state index >= 15 is 0 Å². The Hall–Kier alpha value is -3.41. The van der Waals surface area contributed by atoms with Gasteiger partial charge >= 0.3 is 0 Å². The molecule has 0 atom stereocenters. The van der Waals surface area contributed by atoms with E-state index in [1.165, 1.54) is 5.56 Å². The van der Waals surface area contributed by atoms with E-state index in [0.717, 1.165) is 0 Å². The second kappa shape index (κ2) is 9.68. The van der Waals surface area contributed by atoms with Crippen molar-refractivity contribution in [3.63, 3.8) is 0 Å². The summed E-state index contributed by atoms with van der Waals surface area (Å²) < 4.78 is 5.55. The summed E-state index contributed by atoms with van der Waals surface area (Å²) in [6.07, 6.45) is 3.11. The van der Waals surface area contributed by atoms with Gasteiger partial charge in [0.25, 0.3) is 5.91 Å². The van der Waals surface area contributed by atoms with Crippen LogP contribution in [0.5, 0.6) is 5.75 Å². The zero-order chi connectivity index (χ0) is 20.6. The fourth-order valence-corrected chi connectivity index (χ4v) is 2.90. The van der Waals surface area contributed by atoms with Crippen molar-refractivity contribution in [3.05, 3.63) is 78.1 Å². The van der Waals surface area contributed by atoms with E-state index in [0.29, 0.717) is 36.1 Å². The largest absolute Gasteiger partial charge is 0.492 e. The summed E-state index contributed by atoms with van der Waals surface area (Å²) in [5, 5.41) is 2.87. The van der Waals surface area contributed by atoms with E-state index in [4.69, 9.17) is 4.74 Å². The molecule has 0 aliphatic carbocycles. The number of hydrogen-bond acceptors (Lipinski definition) is 5. The Labute approximate surface area is 171 Å². The van der Waals surface area contributed by atoms with Crippen LogP contribution < -0.4 is 15.0 Å². The number of anilines is 2. The molecule has 0 fully saturated rings. The van der Waals surface area contributed by atoms with E-state index in [2.05, 4.69) is 46.2 Å². The molecule has 0 saturated carbocycles. The molecule has 0 saturated heterocycles. The predicted molar refractivity (Wildman–Crippen MR) is 115 cm³/mol. The molecule has 0 spiro atoms. The van der Waals surface area contributed by atoms with Gasteiger partial charge in [0.05, 0.1) is 17.9 Å². The first-order valence-electron chi connectivity index (χ1n) is 9.74. The molecule has 150 valence electrons. The minimum atomic E-state index is -0.275. The summed E-state index contributed by atoms with van der Waals surface area (Å²) in [7, 11) is 0. The predicted octanol–water partition coefficient (Wildman–Crippen LogP) is 4.54. The van der Waals surface area contributed by atoms with Crippen LogP contribution in [-0.4, -0.2) is 28.5 Å². The molecule has 0 radical (unpaired) electrons. The number of nitrogens with one attached hydrogen (secondary N) is 1. The van der Waals surface area contributed by atoms with Gasteiger partial charge in [-0.1, -0.05) is 42.5 Å². The first-order valence-corrected chi connectivity index (χ1v) is 9.74. The molecule has 1 heterocycles. The highest BCUT2D eigenvalue weighted by atomic mass is 16.5. The highest BCUT2D eigenvalue weighted by molar-refractivity contribution is 6.04. The average Bonchev–Trinajstić information content (AvgIpc) is 2.74. The number of carbonyl (C=O) groups excluding carboxylic acids is 1. The normalized spacial score (nSPS) is 10.6. The van der Waals surface area contributed by atoms with E-state index in [9.17, 15) is 4.79 Å². The van der Waals surface area contributed by atoms with E-state index in [1.807, 2.05) is 43.3 Å². The SMILES string of the molecule is CCOc1ccccc1NC(=O)c1cnc(N(Cc2ccccc2)C(C)C)nc1. The number of amides is 1. The van der Waals surface area contributed by atoms with Crippen molar-refractivity contribution in [2.75, 3.05) is 16.8 Å². The van der Waals surface area contributed by atoms with Crippen LogP contribution in [0, 0.1) is 0 Å². The lowest BCUT2D eigenvalue weighted by atomic mass is 10.2. The van der Waals surface area contributed by atoms with Crippen molar-refractivity contribution in [1.29, 1.82) is 0 Å². The summed E-state index contributed by atoms with van der Waals surface area (Å²) in [5.41, 5.74) is 2.19. The van der Waals surface area contributed by atoms with Gasteiger partial charge in [0.2, 0.25) is 5.95 Å². The van der Waals surface area contributed by atoms with Gasteiger partial charge in [0.15, 0.2) is 0 Å². The van der Waals surface area contributed by atoms with Gasteiger partial charge in [-0.25, -0.2) is 9.97 Å². The first kappa shape index (κ1) is 20.3. The molecule has 0 unspecified atom stereocenters. The molecular formula is C23H26N4O2. The number of nitrogens with zero attached hydrogens (tertiary/aromatic N) is 3. The van der Waals surface area contributed by atoms with Gasteiger partial charge < -0.3 is 15.0 Å². The molecule has 29 heavy (non-hydrogen) atoms. The quantitative estimate of drug-likeness (QED) is 0.611. The van der Waals surface area contributed by atoms with Crippen LogP contribution in [0.4, 0.5) is 11.6 Å². The van der Waals surface area contributed by atoms with Crippen molar-refractivity contribution in [3.8, 4) is 5.75 Å². The monoisotopic (exact) mass is 390 g/mol. The van der Waals surface area contributed by atoms with Crippen LogP contribution in [0.1, 0.15) is 36.7 Å². The van der Waals surface area contributed by atoms with Gasteiger partial charge in [-0.15, -0.1) is 0 Å². The van der Waals surface area contributed by atoms with Gasteiger partial charge in [-0.05, 0) is 38.5 Å². The Morgan fingerprint density at radius 1 is 1.03 bits per heavy atom. The lowest BCUT2D eigenvalue weighted by molar-refractivity contribution is 0.102. The Balaban J connectivity index is 1.74. The Morgan fingerprint density at radius 2 is 1.69 bits per heavy atom. The Bertz CT molecular complexity index is 927. The standard InChI is InChI=1S/C23H26N4O2/c1-4-29-21-13-9-8-12-20(21)26-22(28)19-14-24-23(25-15-19)27(17(2)3)16-18-10-6-5-7-11-18/h5-15,17H,4,16H2,1-3H3,(H,26,28). The number of hydrogen-bond donors (Lipinski definition) is 1. The van der Waals surface area contributed by atoms with E-state index in [-0.39, 0.29) is 11.9 Å². The Morgan fingerprint density at radius 3 is 2.34 bits per heavy atom. The molecule has 2 aromatic carbocycles. The smallest absolute Gasteiger partial charge is 0.258 e. The van der Waals surface area contributed by atoms with Crippen molar-refractivity contribution in [2.24, 2.45) is 0 Å². The van der Waals surface area contributed by atoms with Crippen LogP contribution in [0.2, 0.25) is 0 Å². The van der Waals surface area contributed by atoms with Gasteiger partial charge in [0.1, 0.15) is 5.75 Å². The van der Waals surface area contributed by atoms with Gasteiger partial charge in [-0.2, -0.15) is 0 Å². The van der Waals surface area contributed by atoms with Crippen molar-refractivity contribution in [2.45, 2.75) is 33.4 Å². The van der Waals surface area contributed by atoms with Crippen LogP contribution in [0.25, 0.3) is 0 Å². The molecule has 3 rings (SSSR count). The van der Waals surface area contributed by atoms with Crippen LogP contribution in [0.3, 0.4) is 0 Å². The molecule has 0 aliphatic heterocycles. The molecule has 0 aliphatic rings. The Kier molecular flexibility index (Phi) is 6.79. The highest BCUT2D eigenvalue weighted by Gasteiger charge is 2.16. The van der Waals surface area contributed by atoms with Crippen molar-refractivity contribution < 1.29 is 9.53 Å². The maximum atomic E-state index is 12.6. The van der Waals surface area contributed by atoms with Gasteiger partial charge in [0, 0.05) is 25.0 Å². The maximum Gasteiger partial charge on any atom is 0.258 e. The van der Waals surface area contributed by atoms with Crippen LogP contribution in [0.15, 0.2) is 67.0 Å². The zero-order valence-electron chi connectivity index (χ0n) is 17.0. The lowest BCUT2D eigenvalue weighted by Crippen LogP contribution is -2.31. The summed E-state index contributed by atoms with van der Waals surface area (Å²) in [6, 6.07) is 17.7. The summed E-state index contributed by atoms with van der Waals surface area (Å²) in [5.74, 6) is 0.952. The fourth-order valence-electron chi connectivity index (χ4n) is 2.90. The van der Waals surface area contributed by atoms with Crippen LogP contribution in [-0.2, 0) is 6.54 Å².